The molecule has 1 fully saturated rings. The fourth-order valence-electron chi connectivity index (χ4n) is 6.99. The van der Waals surface area contributed by atoms with Gasteiger partial charge in [-0.3, -0.25) is 9.59 Å². The van der Waals surface area contributed by atoms with Crippen LogP contribution in [0.4, 0.5) is 10.5 Å². The molecule has 10 nitrogen and oxygen atoms in total. The highest BCUT2D eigenvalue weighted by Gasteiger charge is 2.56. The average molecular weight is 568 g/mol. The number of rotatable bonds is 7. The number of carbonyl (C=O) groups is 3. The second kappa shape index (κ2) is 11.4. The Kier molecular flexibility index (Phi) is 8.52. The van der Waals surface area contributed by atoms with Crippen molar-refractivity contribution in [2.75, 3.05) is 12.4 Å². The highest BCUT2D eigenvalue weighted by atomic mass is 16.6. The van der Waals surface area contributed by atoms with Gasteiger partial charge in [-0.2, -0.15) is 0 Å². The van der Waals surface area contributed by atoms with Crippen LogP contribution in [0.5, 0.6) is 0 Å². The summed E-state index contributed by atoms with van der Waals surface area (Å²) < 4.78 is 12.0. The maximum Gasteiger partial charge on any atom is 0.407 e. The van der Waals surface area contributed by atoms with Crippen molar-refractivity contribution >= 4 is 23.7 Å². The Morgan fingerprint density at radius 1 is 1.17 bits per heavy atom. The first-order valence-electron chi connectivity index (χ1n) is 14.6. The zero-order chi connectivity index (χ0) is 30.2. The number of nitrogens with zero attached hydrogens (tertiary/aromatic N) is 3. The van der Waals surface area contributed by atoms with Crippen LogP contribution in [0.25, 0.3) is 0 Å². The fourth-order valence-corrected chi connectivity index (χ4v) is 6.99. The van der Waals surface area contributed by atoms with E-state index >= 15 is 0 Å². The molecule has 3 atom stereocenters. The molecule has 2 N–H and O–H groups in total. The van der Waals surface area contributed by atoms with Crippen LogP contribution in [0.1, 0.15) is 102 Å². The number of hydrogen-bond donors (Lipinski definition) is 2. The van der Waals surface area contributed by atoms with E-state index in [0.29, 0.717) is 5.69 Å². The van der Waals surface area contributed by atoms with Crippen molar-refractivity contribution in [3.63, 3.8) is 0 Å². The van der Waals surface area contributed by atoms with Crippen molar-refractivity contribution in [2.45, 2.75) is 111 Å². The number of anilines is 1. The molecule has 0 aliphatic heterocycles. The van der Waals surface area contributed by atoms with Crippen molar-refractivity contribution in [3.8, 4) is 0 Å². The van der Waals surface area contributed by atoms with Crippen molar-refractivity contribution in [2.24, 2.45) is 11.3 Å². The van der Waals surface area contributed by atoms with Gasteiger partial charge >= 0.3 is 12.1 Å². The number of amides is 2. The van der Waals surface area contributed by atoms with Crippen molar-refractivity contribution in [3.05, 3.63) is 40.7 Å². The molecule has 1 aromatic heterocycles. The van der Waals surface area contributed by atoms with Gasteiger partial charge in [0.1, 0.15) is 17.8 Å². The van der Waals surface area contributed by atoms with E-state index in [1.165, 1.54) is 22.9 Å². The minimum atomic E-state index is -0.596. The molecule has 0 unspecified atom stereocenters. The Morgan fingerprint density at radius 3 is 2.56 bits per heavy atom. The van der Waals surface area contributed by atoms with E-state index in [4.69, 9.17) is 9.47 Å². The van der Waals surface area contributed by atoms with Crippen molar-refractivity contribution in [1.82, 2.24) is 20.3 Å². The van der Waals surface area contributed by atoms with E-state index in [1.54, 1.807) is 27.0 Å². The van der Waals surface area contributed by atoms with Crippen LogP contribution in [0.2, 0.25) is 0 Å². The van der Waals surface area contributed by atoms with E-state index in [1.807, 2.05) is 0 Å². The lowest BCUT2D eigenvalue weighted by atomic mass is 9.49. The summed E-state index contributed by atoms with van der Waals surface area (Å²) in [4.78, 5) is 38.2. The standard InChI is InChI=1S/C31H45N5O5/c1-19(2)21-10-12-23-22(11-13-24-30(23,6)14-9-15-31(24,7)27(38)40-8)26(21)33-25(37)18-36-17-20(34-35-36)16-32-28(39)41-29(3,4)5/h10,12,17,19,24H,9,11,13-16,18H2,1-8H3,(H,32,39)(H,33,37)/t24-,30-,31-/m1/s1. The van der Waals surface area contributed by atoms with Crippen LogP contribution in [-0.4, -0.2) is 45.7 Å². The Bertz CT molecular complexity index is 1310. The molecule has 2 aliphatic rings. The molecule has 1 aromatic carbocycles. The lowest BCUT2D eigenvalue weighted by molar-refractivity contribution is -0.161. The third-order valence-electron chi connectivity index (χ3n) is 8.82. The number of hydrogen-bond acceptors (Lipinski definition) is 7. The van der Waals surface area contributed by atoms with Gasteiger partial charge in [0.15, 0.2) is 0 Å². The Labute approximate surface area is 242 Å². The third-order valence-corrected chi connectivity index (χ3v) is 8.82. The highest BCUT2D eigenvalue weighted by molar-refractivity contribution is 5.93. The van der Waals surface area contributed by atoms with Crippen molar-refractivity contribution < 1.29 is 23.9 Å². The molecule has 2 aromatic rings. The molecule has 4 rings (SSSR count). The third kappa shape index (κ3) is 6.26. The van der Waals surface area contributed by atoms with Gasteiger partial charge in [-0.25, -0.2) is 9.48 Å². The molecule has 1 heterocycles. The van der Waals surface area contributed by atoms with Gasteiger partial charge in [-0.1, -0.05) is 44.5 Å². The molecule has 2 aliphatic carbocycles. The topological polar surface area (TPSA) is 124 Å². The molecule has 0 spiro atoms. The predicted molar refractivity (Wildman–Crippen MR) is 155 cm³/mol. The number of ether oxygens (including phenoxy) is 2. The molecule has 224 valence electrons. The number of benzene rings is 1. The first-order chi connectivity index (χ1) is 19.2. The van der Waals surface area contributed by atoms with E-state index in [0.717, 1.165) is 43.4 Å². The molecule has 0 saturated heterocycles. The maximum atomic E-state index is 13.3. The summed E-state index contributed by atoms with van der Waals surface area (Å²) in [6.45, 7) is 14.1. The maximum absolute atomic E-state index is 13.3. The number of aromatic nitrogens is 3. The summed E-state index contributed by atoms with van der Waals surface area (Å²) in [5, 5.41) is 14.0. The number of nitrogens with one attached hydrogen (secondary N) is 2. The Morgan fingerprint density at radius 2 is 1.90 bits per heavy atom. The van der Waals surface area contributed by atoms with Crippen molar-refractivity contribution in [1.29, 1.82) is 0 Å². The molecule has 10 heteroatoms. The molecular formula is C31H45N5O5. The minimum Gasteiger partial charge on any atom is -0.469 e. The summed E-state index contributed by atoms with van der Waals surface area (Å²) in [6.07, 6.45) is 5.51. The largest absolute Gasteiger partial charge is 0.469 e. The second-order valence-electron chi connectivity index (χ2n) is 13.3. The van der Waals surface area contributed by atoms with E-state index in [-0.39, 0.29) is 42.2 Å². The Hall–Kier alpha value is -3.43. The molecule has 1 saturated carbocycles. The van der Waals surface area contributed by atoms with Crippen LogP contribution in [0, 0.1) is 11.3 Å². The van der Waals surface area contributed by atoms with E-state index in [2.05, 4.69) is 60.8 Å². The number of alkyl carbamates (subject to hydrolysis) is 1. The molecular weight excluding hydrogens is 522 g/mol. The van der Waals surface area contributed by atoms with Crippen LogP contribution >= 0.6 is 0 Å². The summed E-state index contributed by atoms with van der Waals surface area (Å²) in [6, 6.07) is 4.35. The van der Waals surface area contributed by atoms with Crippen LogP contribution in [0.15, 0.2) is 18.3 Å². The monoisotopic (exact) mass is 567 g/mol. The average Bonchev–Trinajstić information content (AvgIpc) is 3.32. The predicted octanol–water partition coefficient (Wildman–Crippen LogP) is 5.25. The van der Waals surface area contributed by atoms with Gasteiger partial charge in [0.2, 0.25) is 5.91 Å². The SMILES string of the molecule is COC(=O)[C@]1(C)CCC[C@]2(C)c3ccc(C(C)C)c(NC(=O)Cn4cc(CNC(=O)OC(C)(C)C)nn4)c3CC[C@@H]12. The number of fused-ring (bicyclic) bond motifs is 3. The van der Waals surface area contributed by atoms with Gasteiger partial charge in [0, 0.05) is 5.69 Å². The fraction of sp³-hybridized carbons (Fsp3) is 0.645. The van der Waals surface area contributed by atoms with Gasteiger partial charge in [0.05, 0.1) is 25.3 Å². The quantitative estimate of drug-likeness (QED) is 0.438. The molecule has 0 bridgehead atoms. The lowest BCUT2D eigenvalue weighted by Crippen LogP contribution is -2.52. The number of esters is 1. The van der Waals surface area contributed by atoms with E-state index < -0.39 is 17.1 Å². The summed E-state index contributed by atoms with van der Waals surface area (Å²) in [7, 11) is 1.48. The zero-order valence-corrected chi connectivity index (χ0v) is 25.7. The number of carbonyl (C=O) groups excluding carboxylic acids is 3. The van der Waals surface area contributed by atoms with Crippen LogP contribution in [-0.2, 0) is 44.0 Å². The number of methoxy groups -OCH3 is 1. The van der Waals surface area contributed by atoms with Gasteiger partial charge in [0.25, 0.3) is 0 Å². The van der Waals surface area contributed by atoms with Gasteiger partial charge < -0.3 is 20.1 Å². The second-order valence-corrected chi connectivity index (χ2v) is 13.3. The lowest BCUT2D eigenvalue weighted by Gasteiger charge is -2.54. The zero-order valence-electron chi connectivity index (χ0n) is 25.7. The first kappa shape index (κ1) is 30.5. The molecule has 2 amide bonds. The highest BCUT2D eigenvalue weighted by Crippen LogP contribution is 2.58. The molecule has 41 heavy (non-hydrogen) atoms. The van der Waals surface area contributed by atoms with E-state index in [9.17, 15) is 14.4 Å². The first-order valence-corrected chi connectivity index (χ1v) is 14.6. The van der Waals surface area contributed by atoms with Gasteiger partial charge in [-0.05, 0) is 87.3 Å². The summed E-state index contributed by atoms with van der Waals surface area (Å²) in [5.41, 5.74) is 3.56. The minimum absolute atomic E-state index is 0.0130. The smallest absolute Gasteiger partial charge is 0.407 e. The normalized spacial score (nSPS) is 23.8. The van der Waals surface area contributed by atoms with Crippen LogP contribution < -0.4 is 10.6 Å². The van der Waals surface area contributed by atoms with Crippen LogP contribution in [0.3, 0.4) is 0 Å². The van der Waals surface area contributed by atoms with Gasteiger partial charge in [-0.15, -0.1) is 5.10 Å². The molecule has 0 radical (unpaired) electrons. The summed E-state index contributed by atoms with van der Waals surface area (Å²) in [5.74, 6) is 0.0506. The summed E-state index contributed by atoms with van der Waals surface area (Å²) >= 11 is 0. The Balaban J connectivity index is 1.54.